The lowest BCUT2D eigenvalue weighted by Gasteiger charge is -2.09. The molecule has 0 N–H and O–H groups in total. The molecule has 0 atom stereocenters. The first kappa shape index (κ1) is 18.0. The number of nitro groups is 1. The largest absolute Gasteiger partial charge is 0.309 e. The van der Waals surface area contributed by atoms with E-state index in [0.717, 1.165) is 34.3 Å². The minimum absolute atomic E-state index is 0.181. The quantitative estimate of drug-likeness (QED) is 0.489. The van der Waals surface area contributed by atoms with Gasteiger partial charge in [-0.25, -0.2) is 0 Å². The number of aryl methyl sites for hydroxylation is 1. The molecule has 0 heterocycles. The zero-order valence-corrected chi connectivity index (χ0v) is 15.6. The monoisotopic (exact) mass is 394 g/mol. The third-order valence-corrected chi connectivity index (χ3v) is 4.93. The lowest BCUT2D eigenvalue weighted by Crippen LogP contribution is -2.13. The van der Waals surface area contributed by atoms with Crippen LogP contribution in [0.25, 0.3) is 0 Å². The Morgan fingerprint density at radius 2 is 1.87 bits per heavy atom. The van der Waals surface area contributed by atoms with Gasteiger partial charge in [-0.05, 0) is 69.4 Å². The molecule has 0 spiro atoms. The van der Waals surface area contributed by atoms with E-state index in [2.05, 4.69) is 20.8 Å². The number of hydrogen-bond acceptors (Lipinski definition) is 4. The molecule has 0 aromatic heterocycles. The molecule has 2 rings (SSSR count). The number of benzene rings is 2. The van der Waals surface area contributed by atoms with Crippen LogP contribution >= 0.6 is 27.7 Å². The lowest BCUT2D eigenvalue weighted by atomic mass is 10.1. The van der Waals surface area contributed by atoms with Crippen molar-refractivity contribution in [1.82, 2.24) is 4.90 Å². The van der Waals surface area contributed by atoms with Gasteiger partial charge in [-0.1, -0.05) is 33.8 Å². The van der Waals surface area contributed by atoms with Gasteiger partial charge in [0.15, 0.2) is 0 Å². The molecule has 122 valence electrons. The van der Waals surface area contributed by atoms with E-state index in [0.29, 0.717) is 4.90 Å². The first-order chi connectivity index (χ1) is 11.0. The molecule has 23 heavy (non-hydrogen) atoms. The summed E-state index contributed by atoms with van der Waals surface area (Å²) in [6.45, 7) is 0.975. The van der Waals surface area contributed by atoms with Gasteiger partial charge in [-0.3, -0.25) is 10.1 Å². The fourth-order valence-corrected chi connectivity index (χ4v) is 3.34. The third-order valence-electron chi connectivity index (χ3n) is 3.33. The maximum Gasteiger partial charge on any atom is 0.283 e. The predicted molar refractivity (Wildman–Crippen MR) is 98.2 cm³/mol. The van der Waals surface area contributed by atoms with E-state index in [9.17, 15) is 10.1 Å². The molecule has 0 aliphatic rings. The molecule has 0 unspecified atom stereocenters. The highest BCUT2D eigenvalue weighted by Gasteiger charge is 2.15. The molecule has 0 aliphatic heterocycles. The first-order valence-corrected chi connectivity index (χ1v) is 8.92. The van der Waals surface area contributed by atoms with Gasteiger partial charge in [0.1, 0.15) is 0 Å². The molecule has 4 nitrogen and oxygen atoms in total. The Hall–Kier alpha value is -1.37. The number of nitro benzene ring substituents is 1. The van der Waals surface area contributed by atoms with E-state index < -0.39 is 0 Å². The van der Waals surface area contributed by atoms with Crippen molar-refractivity contribution in [2.24, 2.45) is 0 Å². The zero-order valence-electron chi connectivity index (χ0n) is 13.2. The molecule has 0 radical (unpaired) electrons. The second-order valence-electron chi connectivity index (χ2n) is 5.52. The van der Waals surface area contributed by atoms with Crippen LogP contribution in [0, 0.1) is 10.1 Å². The van der Waals surface area contributed by atoms with Crippen molar-refractivity contribution in [3.8, 4) is 0 Å². The molecular formula is C17H19BrN2O2S. The van der Waals surface area contributed by atoms with Crippen LogP contribution in [0.2, 0.25) is 0 Å². The second kappa shape index (κ2) is 8.47. The third kappa shape index (κ3) is 5.64. The van der Waals surface area contributed by atoms with Crippen molar-refractivity contribution in [3.05, 3.63) is 62.6 Å². The highest BCUT2D eigenvalue weighted by molar-refractivity contribution is 9.10. The summed E-state index contributed by atoms with van der Waals surface area (Å²) in [5, 5.41) is 11.4. The Labute approximate surface area is 149 Å². The summed E-state index contributed by atoms with van der Waals surface area (Å²) in [5.41, 5.74) is 1.19. The normalized spacial score (nSPS) is 11.0. The van der Waals surface area contributed by atoms with Crippen molar-refractivity contribution in [1.29, 1.82) is 0 Å². The van der Waals surface area contributed by atoms with Crippen molar-refractivity contribution in [2.45, 2.75) is 22.6 Å². The van der Waals surface area contributed by atoms with Crippen molar-refractivity contribution in [2.75, 3.05) is 20.6 Å². The highest BCUT2D eigenvalue weighted by Crippen LogP contribution is 2.36. The van der Waals surface area contributed by atoms with Crippen LogP contribution in [0.5, 0.6) is 0 Å². The van der Waals surface area contributed by atoms with Crippen molar-refractivity contribution < 1.29 is 4.92 Å². The average Bonchev–Trinajstić information content (AvgIpc) is 2.50. The fourth-order valence-electron chi connectivity index (χ4n) is 2.18. The van der Waals surface area contributed by atoms with Crippen LogP contribution in [0.3, 0.4) is 0 Å². The molecule has 0 bridgehead atoms. The van der Waals surface area contributed by atoms with Crippen LogP contribution in [-0.2, 0) is 6.42 Å². The number of halogens is 1. The van der Waals surface area contributed by atoms with E-state index in [1.807, 2.05) is 50.5 Å². The van der Waals surface area contributed by atoms with E-state index in [1.54, 1.807) is 6.07 Å². The second-order valence-corrected chi connectivity index (χ2v) is 7.55. The van der Waals surface area contributed by atoms with Gasteiger partial charge in [0.05, 0.1) is 9.82 Å². The SMILES string of the molecule is CN(C)CCCc1ccc(Sc2ccc(Br)cc2)c([N+](=O)[O-])c1. The Morgan fingerprint density at radius 1 is 1.17 bits per heavy atom. The van der Waals surface area contributed by atoms with Gasteiger partial charge >= 0.3 is 0 Å². The minimum atomic E-state index is -0.295. The lowest BCUT2D eigenvalue weighted by molar-refractivity contribution is -0.387. The zero-order chi connectivity index (χ0) is 16.8. The van der Waals surface area contributed by atoms with Gasteiger partial charge in [0.2, 0.25) is 0 Å². The van der Waals surface area contributed by atoms with Crippen LogP contribution in [0.15, 0.2) is 56.7 Å². The van der Waals surface area contributed by atoms with Crippen molar-refractivity contribution >= 4 is 33.4 Å². The summed E-state index contributed by atoms with van der Waals surface area (Å²) in [6, 6.07) is 13.3. The van der Waals surface area contributed by atoms with Crippen molar-refractivity contribution in [3.63, 3.8) is 0 Å². The summed E-state index contributed by atoms with van der Waals surface area (Å²) >= 11 is 4.81. The van der Waals surface area contributed by atoms with Gasteiger partial charge in [0.25, 0.3) is 5.69 Å². The Balaban J connectivity index is 2.16. The fraction of sp³-hybridized carbons (Fsp3) is 0.294. The van der Waals surface area contributed by atoms with E-state index in [-0.39, 0.29) is 10.6 Å². The topological polar surface area (TPSA) is 46.4 Å². The maximum absolute atomic E-state index is 11.4. The molecule has 0 saturated heterocycles. The van der Waals surface area contributed by atoms with E-state index >= 15 is 0 Å². The predicted octanol–water partition coefficient (Wildman–Crippen LogP) is 5.00. The number of hydrogen-bond donors (Lipinski definition) is 0. The number of rotatable bonds is 7. The summed E-state index contributed by atoms with van der Waals surface area (Å²) in [4.78, 5) is 14.9. The van der Waals surface area contributed by atoms with Crippen LogP contribution in [-0.4, -0.2) is 30.5 Å². The van der Waals surface area contributed by atoms with Gasteiger partial charge in [-0.15, -0.1) is 0 Å². The average molecular weight is 395 g/mol. The smallest absolute Gasteiger partial charge is 0.283 e. The molecule has 2 aromatic rings. The molecular weight excluding hydrogens is 376 g/mol. The molecule has 0 aliphatic carbocycles. The van der Waals surface area contributed by atoms with Gasteiger partial charge in [-0.2, -0.15) is 0 Å². The minimum Gasteiger partial charge on any atom is -0.309 e. The summed E-state index contributed by atoms with van der Waals surface area (Å²) in [5.74, 6) is 0. The van der Waals surface area contributed by atoms with Crippen LogP contribution in [0.1, 0.15) is 12.0 Å². The summed E-state index contributed by atoms with van der Waals surface area (Å²) < 4.78 is 0.993. The molecule has 0 fully saturated rings. The Kier molecular flexibility index (Phi) is 6.62. The number of nitrogens with zero attached hydrogens (tertiary/aromatic N) is 2. The standard InChI is InChI=1S/C17H19BrN2O2S/c1-19(2)11-3-4-13-5-10-17(16(12-13)20(21)22)23-15-8-6-14(18)7-9-15/h5-10,12H,3-4,11H2,1-2H3. The maximum atomic E-state index is 11.4. The Morgan fingerprint density at radius 3 is 2.48 bits per heavy atom. The van der Waals surface area contributed by atoms with Gasteiger partial charge in [0, 0.05) is 15.4 Å². The molecule has 2 aromatic carbocycles. The van der Waals surface area contributed by atoms with E-state index in [1.165, 1.54) is 11.8 Å². The van der Waals surface area contributed by atoms with Crippen LogP contribution in [0.4, 0.5) is 5.69 Å². The van der Waals surface area contributed by atoms with Crippen LogP contribution < -0.4 is 0 Å². The highest BCUT2D eigenvalue weighted by atomic mass is 79.9. The first-order valence-electron chi connectivity index (χ1n) is 7.31. The summed E-state index contributed by atoms with van der Waals surface area (Å²) in [6.07, 6.45) is 1.84. The van der Waals surface area contributed by atoms with Gasteiger partial charge < -0.3 is 4.90 Å². The summed E-state index contributed by atoms with van der Waals surface area (Å²) in [7, 11) is 4.06. The Bertz CT molecular complexity index is 675. The molecule has 0 amide bonds. The molecule has 6 heteroatoms. The van der Waals surface area contributed by atoms with E-state index in [4.69, 9.17) is 0 Å². The molecule has 0 saturated carbocycles.